The Morgan fingerprint density at radius 1 is 1.56 bits per heavy atom. The molecular formula is C12H15N3O3. The van der Waals surface area contributed by atoms with Gasteiger partial charge in [0, 0.05) is 13.0 Å². The van der Waals surface area contributed by atoms with E-state index in [1.165, 1.54) is 13.2 Å². The summed E-state index contributed by atoms with van der Waals surface area (Å²) in [6.07, 6.45) is 0.640. The Balaban J connectivity index is 3.12. The molecule has 1 aromatic carbocycles. The Hall–Kier alpha value is -2.26. The van der Waals surface area contributed by atoms with Crippen molar-refractivity contribution in [2.75, 3.05) is 26.4 Å². The van der Waals surface area contributed by atoms with Gasteiger partial charge in [0.25, 0.3) is 5.69 Å². The zero-order valence-corrected chi connectivity index (χ0v) is 10.3. The van der Waals surface area contributed by atoms with Crippen LogP contribution in [0.5, 0.6) is 5.75 Å². The largest absolute Gasteiger partial charge is 0.496 e. The van der Waals surface area contributed by atoms with Crippen LogP contribution in [0.25, 0.3) is 0 Å². The molecule has 0 heterocycles. The summed E-state index contributed by atoms with van der Waals surface area (Å²) >= 11 is 0. The van der Waals surface area contributed by atoms with Crippen LogP contribution in [-0.2, 0) is 0 Å². The van der Waals surface area contributed by atoms with Crippen LogP contribution in [-0.4, -0.2) is 25.6 Å². The Kier molecular flexibility index (Phi) is 4.96. The van der Waals surface area contributed by atoms with Crippen LogP contribution >= 0.6 is 0 Å². The van der Waals surface area contributed by atoms with Gasteiger partial charge in [-0.25, -0.2) is 0 Å². The Morgan fingerprint density at radius 2 is 2.28 bits per heavy atom. The molecule has 6 nitrogen and oxygen atoms in total. The molecule has 0 radical (unpaired) electrons. The molecule has 96 valence electrons. The van der Waals surface area contributed by atoms with Crippen LogP contribution < -0.4 is 15.8 Å². The topological polar surface area (TPSA) is 90.4 Å². The van der Waals surface area contributed by atoms with Crippen LogP contribution in [0.1, 0.15) is 12.0 Å². The smallest absolute Gasteiger partial charge is 0.297 e. The van der Waals surface area contributed by atoms with Gasteiger partial charge in [0.05, 0.1) is 23.7 Å². The third-order valence-electron chi connectivity index (χ3n) is 2.29. The Labute approximate surface area is 105 Å². The van der Waals surface area contributed by atoms with Gasteiger partial charge in [-0.15, -0.1) is 0 Å². The van der Waals surface area contributed by atoms with E-state index < -0.39 is 4.92 Å². The van der Waals surface area contributed by atoms with E-state index in [0.717, 1.165) is 6.54 Å². The average molecular weight is 249 g/mol. The van der Waals surface area contributed by atoms with Crippen LogP contribution in [0.4, 0.5) is 11.4 Å². The molecule has 0 saturated carbocycles. The minimum Gasteiger partial charge on any atom is -0.496 e. The van der Waals surface area contributed by atoms with Gasteiger partial charge in [0.15, 0.2) is 0 Å². The fraction of sp³-hybridized carbons (Fsp3) is 0.333. The summed E-state index contributed by atoms with van der Waals surface area (Å²) in [5.41, 5.74) is 6.00. The van der Waals surface area contributed by atoms with Crippen molar-refractivity contribution >= 4 is 11.4 Å². The summed E-state index contributed by atoms with van der Waals surface area (Å²) in [6.45, 7) is 0.749. The molecule has 0 atom stereocenters. The van der Waals surface area contributed by atoms with Gasteiger partial charge in [-0.05, 0) is 13.1 Å². The van der Waals surface area contributed by atoms with Gasteiger partial charge in [0.1, 0.15) is 11.4 Å². The molecule has 0 unspecified atom stereocenters. The van der Waals surface area contributed by atoms with Gasteiger partial charge >= 0.3 is 0 Å². The maximum Gasteiger partial charge on any atom is 0.297 e. The van der Waals surface area contributed by atoms with E-state index in [4.69, 9.17) is 10.5 Å². The van der Waals surface area contributed by atoms with E-state index in [9.17, 15) is 10.1 Å². The van der Waals surface area contributed by atoms with Gasteiger partial charge in [-0.3, -0.25) is 10.1 Å². The summed E-state index contributed by atoms with van der Waals surface area (Å²) in [6, 6.07) is 2.88. The number of nitrogens with one attached hydrogen (secondary N) is 1. The van der Waals surface area contributed by atoms with Gasteiger partial charge in [-0.1, -0.05) is 11.8 Å². The molecule has 0 saturated heterocycles. The molecule has 0 spiro atoms. The van der Waals surface area contributed by atoms with E-state index in [-0.39, 0.29) is 11.4 Å². The first kappa shape index (κ1) is 13.8. The molecular weight excluding hydrogens is 234 g/mol. The van der Waals surface area contributed by atoms with Crippen LogP contribution in [0.15, 0.2) is 12.1 Å². The lowest BCUT2D eigenvalue weighted by Gasteiger charge is -2.04. The van der Waals surface area contributed by atoms with E-state index in [1.54, 1.807) is 6.07 Å². The van der Waals surface area contributed by atoms with Crippen molar-refractivity contribution in [2.24, 2.45) is 0 Å². The lowest BCUT2D eigenvalue weighted by Crippen LogP contribution is -2.06. The molecule has 0 amide bonds. The molecule has 0 fully saturated rings. The highest BCUT2D eigenvalue weighted by atomic mass is 16.6. The zero-order valence-electron chi connectivity index (χ0n) is 10.3. The standard InChI is InChI=1S/C12H15N3O3/c1-14-6-4-3-5-9-7-10(18-2)8-11(12(9)13)15(16)17/h7-8,14H,4,6,13H2,1-2H3. The highest BCUT2D eigenvalue weighted by Gasteiger charge is 2.16. The van der Waals surface area contributed by atoms with Crippen molar-refractivity contribution in [1.82, 2.24) is 5.32 Å². The van der Waals surface area contributed by atoms with Crippen molar-refractivity contribution in [3.8, 4) is 17.6 Å². The minimum atomic E-state index is -0.545. The second kappa shape index (κ2) is 6.47. The van der Waals surface area contributed by atoms with Crippen molar-refractivity contribution in [3.63, 3.8) is 0 Å². The van der Waals surface area contributed by atoms with Crippen molar-refractivity contribution in [2.45, 2.75) is 6.42 Å². The van der Waals surface area contributed by atoms with Gasteiger partial charge in [0.2, 0.25) is 0 Å². The molecule has 0 aliphatic rings. The molecule has 0 aliphatic heterocycles. The summed E-state index contributed by atoms with van der Waals surface area (Å²) in [5, 5.41) is 13.8. The number of benzene rings is 1. The summed E-state index contributed by atoms with van der Waals surface area (Å²) in [7, 11) is 3.26. The fourth-order valence-corrected chi connectivity index (χ4v) is 1.33. The highest BCUT2D eigenvalue weighted by Crippen LogP contribution is 2.30. The number of hydrogen-bond donors (Lipinski definition) is 2. The third-order valence-corrected chi connectivity index (χ3v) is 2.29. The summed E-state index contributed by atoms with van der Waals surface area (Å²) in [5.74, 6) is 6.08. The maximum atomic E-state index is 10.8. The highest BCUT2D eigenvalue weighted by molar-refractivity contribution is 5.70. The molecule has 3 N–H and O–H groups in total. The summed E-state index contributed by atoms with van der Waals surface area (Å²) < 4.78 is 4.99. The number of nitrogen functional groups attached to an aromatic ring is 1. The number of hydrogen-bond acceptors (Lipinski definition) is 5. The van der Waals surface area contributed by atoms with E-state index in [0.29, 0.717) is 17.7 Å². The maximum absolute atomic E-state index is 10.8. The van der Waals surface area contributed by atoms with E-state index in [1.807, 2.05) is 7.05 Å². The number of nitrogens with two attached hydrogens (primary N) is 1. The monoisotopic (exact) mass is 249 g/mol. The Morgan fingerprint density at radius 3 is 2.83 bits per heavy atom. The molecule has 1 aromatic rings. The SMILES string of the molecule is CNCCC#Cc1cc(OC)cc([N+](=O)[O-])c1N. The number of rotatable bonds is 4. The number of nitro groups is 1. The molecule has 0 aromatic heterocycles. The van der Waals surface area contributed by atoms with Crippen molar-refractivity contribution in [1.29, 1.82) is 0 Å². The molecule has 18 heavy (non-hydrogen) atoms. The number of nitrogens with zero attached hydrogens (tertiary/aromatic N) is 1. The average Bonchev–Trinajstić information content (AvgIpc) is 2.36. The minimum absolute atomic E-state index is 0.0674. The lowest BCUT2D eigenvalue weighted by atomic mass is 10.1. The predicted octanol–water partition coefficient (Wildman–Crippen LogP) is 1.15. The molecule has 0 aliphatic carbocycles. The lowest BCUT2D eigenvalue weighted by molar-refractivity contribution is -0.384. The second-order valence-corrected chi connectivity index (χ2v) is 3.52. The van der Waals surface area contributed by atoms with Crippen LogP contribution in [0.3, 0.4) is 0 Å². The zero-order chi connectivity index (χ0) is 13.5. The van der Waals surface area contributed by atoms with Crippen molar-refractivity contribution < 1.29 is 9.66 Å². The number of anilines is 1. The van der Waals surface area contributed by atoms with Crippen LogP contribution in [0.2, 0.25) is 0 Å². The van der Waals surface area contributed by atoms with Crippen molar-refractivity contribution in [3.05, 3.63) is 27.8 Å². The molecule has 0 bridgehead atoms. The number of nitro benzene ring substituents is 1. The molecule has 6 heteroatoms. The summed E-state index contributed by atoms with van der Waals surface area (Å²) in [4.78, 5) is 10.3. The number of methoxy groups -OCH3 is 1. The van der Waals surface area contributed by atoms with Crippen LogP contribution in [0, 0.1) is 22.0 Å². The van der Waals surface area contributed by atoms with Gasteiger partial charge in [-0.2, -0.15) is 0 Å². The first-order valence-corrected chi connectivity index (χ1v) is 5.35. The quantitative estimate of drug-likeness (QED) is 0.274. The predicted molar refractivity (Wildman–Crippen MR) is 69.5 cm³/mol. The first-order chi connectivity index (χ1) is 8.60. The van der Waals surface area contributed by atoms with Gasteiger partial charge < -0.3 is 15.8 Å². The second-order valence-electron chi connectivity index (χ2n) is 3.52. The normalized spacial score (nSPS) is 9.44. The fourth-order valence-electron chi connectivity index (χ4n) is 1.33. The number of ether oxygens (including phenoxy) is 1. The van der Waals surface area contributed by atoms with E-state index in [2.05, 4.69) is 17.2 Å². The van der Waals surface area contributed by atoms with E-state index >= 15 is 0 Å². The third kappa shape index (κ3) is 3.37. The Bertz CT molecular complexity index is 503. The first-order valence-electron chi connectivity index (χ1n) is 5.35. The molecule has 1 rings (SSSR count).